The molecule has 0 bridgehead atoms. The van der Waals surface area contributed by atoms with Crippen molar-refractivity contribution in [3.05, 3.63) is 30.7 Å². The summed E-state index contributed by atoms with van der Waals surface area (Å²) in [5.41, 5.74) is 0. The van der Waals surface area contributed by atoms with Crippen LogP contribution in [-0.2, 0) is 16.6 Å². The summed E-state index contributed by atoms with van der Waals surface area (Å²) in [5.74, 6) is 0.178. The smallest absolute Gasteiger partial charge is 0.266 e. The third-order valence-corrected chi connectivity index (χ3v) is 4.03. The number of anilines is 1. The van der Waals surface area contributed by atoms with E-state index in [2.05, 4.69) is 25.3 Å². The molecule has 0 radical (unpaired) electrons. The second-order valence-electron chi connectivity index (χ2n) is 4.36. The van der Waals surface area contributed by atoms with Crippen molar-refractivity contribution in [2.45, 2.75) is 24.8 Å². The van der Waals surface area contributed by atoms with E-state index >= 15 is 0 Å². The zero-order valence-electron chi connectivity index (χ0n) is 11.7. The quantitative estimate of drug-likeness (QED) is 0.687. The number of sulfonamides is 1. The monoisotopic (exact) mass is 310 g/mol. The highest BCUT2D eigenvalue weighted by atomic mass is 32.2. The number of hydrogen-bond acceptors (Lipinski definition) is 6. The number of hydrogen-bond donors (Lipinski definition) is 2. The lowest BCUT2D eigenvalue weighted by Crippen LogP contribution is -2.16. The van der Waals surface area contributed by atoms with Crippen LogP contribution < -0.4 is 10.0 Å². The van der Waals surface area contributed by atoms with Crippen LogP contribution in [-0.4, -0.2) is 41.5 Å². The minimum absolute atomic E-state index is 0.108. The second-order valence-corrected chi connectivity index (χ2v) is 6.04. The predicted molar refractivity (Wildman–Crippen MR) is 78.2 cm³/mol. The van der Waals surface area contributed by atoms with Crippen LogP contribution >= 0.6 is 0 Å². The average molecular weight is 310 g/mol. The average Bonchev–Trinajstić information content (AvgIpc) is 2.94. The third-order valence-electron chi connectivity index (χ3n) is 2.72. The molecule has 0 aliphatic carbocycles. The Kier molecular flexibility index (Phi) is 5.23. The summed E-state index contributed by atoms with van der Waals surface area (Å²) in [6.07, 6.45) is 5.18. The van der Waals surface area contributed by atoms with Crippen molar-refractivity contribution in [3.8, 4) is 0 Å². The van der Waals surface area contributed by atoms with Gasteiger partial charge in [-0.2, -0.15) is 10.2 Å². The van der Waals surface area contributed by atoms with Crippen molar-refractivity contribution in [1.29, 1.82) is 0 Å². The van der Waals surface area contributed by atoms with Gasteiger partial charge in [0.25, 0.3) is 10.0 Å². The molecule has 0 spiro atoms. The van der Waals surface area contributed by atoms with Gasteiger partial charge in [-0.3, -0.25) is 9.40 Å². The molecule has 2 heterocycles. The van der Waals surface area contributed by atoms with E-state index in [4.69, 9.17) is 0 Å². The zero-order valence-corrected chi connectivity index (χ0v) is 12.5. The molecule has 0 unspecified atom stereocenters. The molecular formula is C12H18N6O2S. The standard InChI is InChI=1S/C12H18N6O2S/c1-2-13-6-4-8-18-10-11(9-15-18)21(19,20)17-12-5-3-7-14-16-12/h3,5,7,9-10,13H,2,4,6,8H2,1H3,(H,16,17). The maximum absolute atomic E-state index is 12.1. The second kappa shape index (κ2) is 7.14. The number of aromatic nitrogens is 4. The largest absolute Gasteiger partial charge is 0.317 e. The summed E-state index contributed by atoms with van der Waals surface area (Å²) in [6, 6.07) is 3.14. The van der Waals surface area contributed by atoms with Gasteiger partial charge in [-0.25, -0.2) is 8.42 Å². The van der Waals surface area contributed by atoms with E-state index in [0.717, 1.165) is 19.5 Å². The first-order chi connectivity index (χ1) is 10.1. The highest BCUT2D eigenvalue weighted by Crippen LogP contribution is 2.12. The van der Waals surface area contributed by atoms with E-state index in [1.165, 1.54) is 24.7 Å². The SMILES string of the molecule is CCNCCCn1cc(S(=O)(=O)Nc2cccnn2)cn1. The summed E-state index contributed by atoms with van der Waals surface area (Å²) in [4.78, 5) is 0.108. The summed E-state index contributed by atoms with van der Waals surface area (Å²) >= 11 is 0. The Balaban J connectivity index is 1.99. The van der Waals surface area contributed by atoms with Gasteiger partial charge in [0.05, 0.1) is 6.20 Å². The highest BCUT2D eigenvalue weighted by molar-refractivity contribution is 7.92. The predicted octanol–water partition coefficient (Wildman–Crippen LogP) is 0.473. The van der Waals surface area contributed by atoms with Crippen LogP contribution in [0.5, 0.6) is 0 Å². The first-order valence-electron chi connectivity index (χ1n) is 6.65. The van der Waals surface area contributed by atoms with E-state index in [9.17, 15) is 8.42 Å². The number of nitrogens with zero attached hydrogens (tertiary/aromatic N) is 4. The van der Waals surface area contributed by atoms with Crippen molar-refractivity contribution < 1.29 is 8.42 Å². The number of aryl methyl sites for hydroxylation is 1. The molecule has 114 valence electrons. The van der Waals surface area contributed by atoms with Crippen LogP contribution in [0.2, 0.25) is 0 Å². The molecule has 0 atom stereocenters. The lowest BCUT2D eigenvalue weighted by molar-refractivity contribution is 0.549. The fourth-order valence-corrected chi connectivity index (χ4v) is 2.65. The minimum Gasteiger partial charge on any atom is -0.317 e. The number of rotatable bonds is 8. The van der Waals surface area contributed by atoms with Crippen LogP contribution in [0.4, 0.5) is 5.82 Å². The molecule has 0 saturated heterocycles. The van der Waals surface area contributed by atoms with Crippen LogP contribution in [0.3, 0.4) is 0 Å². The molecule has 2 aromatic rings. The first kappa shape index (κ1) is 15.4. The molecule has 2 N–H and O–H groups in total. The van der Waals surface area contributed by atoms with Crippen LogP contribution in [0.15, 0.2) is 35.6 Å². The molecule has 0 saturated carbocycles. The molecule has 0 fully saturated rings. The van der Waals surface area contributed by atoms with Crippen molar-refractivity contribution in [2.24, 2.45) is 0 Å². The van der Waals surface area contributed by atoms with Crippen LogP contribution in [0.1, 0.15) is 13.3 Å². The molecule has 2 rings (SSSR count). The van der Waals surface area contributed by atoms with Gasteiger partial charge < -0.3 is 5.32 Å². The lowest BCUT2D eigenvalue weighted by atomic mass is 10.4. The van der Waals surface area contributed by atoms with Crippen molar-refractivity contribution in [2.75, 3.05) is 17.8 Å². The van der Waals surface area contributed by atoms with Gasteiger partial charge in [0.15, 0.2) is 5.82 Å². The van der Waals surface area contributed by atoms with E-state index < -0.39 is 10.0 Å². The molecular weight excluding hydrogens is 292 g/mol. The van der Waals surface area contributed by atoms with Gasteiger partial charge >= 0.3 is 0 Å². The van der Waals surface area contributed by atoms with Crippen molar-refractivity contribution >= 4 is 15.8 Å². The number of nitrogens with one attached hydrogen (secondary N) is 2. The summed E-state index contributed by atoms with van der Waals surface area (Å²) in [7, 11) is -3.68. The summed E-state index contributed by atoms with van der Waals surface area (Å²) in [6.45, 7) is 4.49. The van der Waals surface area contributed by atoms with Gasteiger partial charge in [0, 0.05) is 18.9 Å². The molecule has 0 aromatic carbocycles. The molecule has 9 heteroatoms. The summed E-state index contributed by atoms with van der Waals surface area (Å²) < 4.78 is 28.3. The topological polar surface area (TPSA) is 102 Å². The van der Waals surface area contributed by atoms with Crippen molar-refractivity contribution in [1.82, 2.24) is 25.3 Å². The van der Waals surface area contributed by atoms with E-state index in [0.29, 0.717) is 6.54 Å². The molecule has 2 aromatic heterocycles. The molecule has 0 aliphatic rings. The normalized spacial score (nSPS) is 11.5. The Morgan fingerprint density at radius 3 is 2.95 bits per heavy atom. The van der Waals surface area contributed by atoms with Crippen LogP contribution in [0.25, 0.3) is 0 Å². The maximum atomic E-state index is 12.1. The molecule has 8 nitrogen and oxygen atoms in total. The maximum Gasteiger partial charge on any atom is 0.266 e. The Hall–Kier alpha value is -2.00. The molecule has 21 heavy (non-hydrogen) atoms. The van der Waals surface area contributed by atoms with Crippen molar-refractivity contribution in [3.63, 3.8) is 0 Å². The van der Waals surface area contributed by atoms with Gasteiger partial charge in [0.2, 0.25) is 0 Å². The van der Waals surface area contributed by atoms with E-state index in [-0.39, 0.29) is 10.7 Å². The van der Waals surface area contributed by atoms with Gasteiger partial charge in [-0.15, -0.1) is 5.10 Å². The van der Waals surface area contributed by atoms with E-state index in [1.807, 2.05) is 6.92 Å². The highest BCUT2D eigenvalue weighted by Gasteiger charge is 2.17. The Bertz CT molecular complexity index is 655. The van der Waals surface area contributed by atoms with Gasteiger partial charge in [0.1, 0.15) is 4.90 Å². The minimum atomic E-state index is -3.68. The van der Waals surface area contributed by atoms with E-state index in [1.54, 1.807) is 10.7 Å². The first-order valence-corrected chi connectivity index (χ1v) is 8.14. The lowest BCUT2D eigenvalue weighted by Gasteiger charge is -2.04. The van der Waals surface area contributed by atoms with Gasteiger partial charge in [-0.05, 0) is 31.6 Å². The molecule has 0 amide bonds. The van der Waals surface area contributed by atoms with Gasteiger partial charge in [-0.1, -0.05) is 6.92 Å². The molecule has 0 aliphatic heterocycles. The Morgan fingerprint density at radius 2 is 2.24 bits per heavy atom. The zero-order chi connectivity index (χ0) is 15.1. The third kappa shape index (κ3) is 4.50. The Morgan fingerprint density at radius 1 is 1.38 bits per heavy atom. The summed E-state index contributed by atoms with van der Waals surface area (Å²) in [5, 5.41) is 14.6. The Labute approximate surface area is 123 Å². The fraction of sp³-hybridized carbons (Fsp3) is 0.417. The fourth-order valence-electron chi connectivity index (χ4n) is 1.70. The van der Waals surface area contributed by atoms with Crippen LogP contribution in [0, 0.1) is 0 Å².